The van der Waals surface area contributed by atoms with Crippen molar-refractivity contribution >= 4 is 5.91 Å². The maximum absolute atomic E-state index is 10.6. The van der Waals surface area contributed by atoms with Crippen molar-refractivity contribution in [1.82, 2.24) is 5.32 Å². The Morgan fingerprint density at radius 2 is 2.27 bits per heavy atom. The fourth-order valence-electron chi connectivity index (χ4n) is 1.03. The molecule has 0 aromatic heterocycles. The number of hydrogen-bond acceptors (Lipinski definition) is 2. The summed E-state index contributed by atoms with van der Waals surface area (Å²) >= 11 is 0. The molecule has 0 radical (unpaired) electrons. The molecule has 62 valence electrons. The standard InChI is InChI=1S/C8H14N2O/c1-4-5-8(3,6-9)10-7(2)11/h4-5H2,1-3H3,(H,10,11). The second-order valence-corrected chi connectivity index (χ2v) is 2.88. The van der Waals surface area contributed by atoms with Crippen LogP contribution in [-0.2, 0) is 4.79 Å². The summed E-state index contributed by atoms with van der Waals surface area (Å²) in [6, 6.07) is 2.08. The maximum atomic E-state index is 10.6. The number of hydrogen-bond donors (Lipinski definition) is 1. The van der Waals surface area contributed by atoms with E-state index in [2.05, 4.69) is 11.4 Å². The highest BCUT2D eigenvalue weighted by atomic mass is 16.1. The molecule has 0 aliphatic carbocycles. The molecule has 0 fully saturated rings. The molecule has 0 aliphatic rings. The molecule has 3 heteroatoms. The Hall–Kier alpha value is -1.04. The number of carbonyl (C=O) groups excluding carboxylic acids is 1. The lowest BCUT2D eigenvalue weighted by molar-refractivity contribution is -0.120. The average Bonchev–Trinajstić information content (AvgIpc) is 1.87. The monoisotopic (exact) mass is 154 g/mol. The molecular formula is C8H14N2O. The molecule has 0 aromatic rings. The molecule has 1 unspecified atom stereocenters. The summed E-state index contributed by atoms with van der Waals surface area (Å²) in [6.45, 7) is 5.14. The minimum atomic E-state index is -0.680. The number of rotatable bonds is 3. The smallest absolute Gasteiger partial charge is 0.218 e. The van der Waals surface area contributed by atoms with Crippen molar-refractivity contribution in [3.63, 3.8) is 0 Å². The van der Waals surface area contributed by atoms with Gasteiger partial charge in [-0.25, -0.2) is 0 Å². The Kier molecular flexibility index (Phi) is 3.59. The fourth-order valence-corrected chi connectivity index (χ4v) is 1.03. The van der Waals surface area contributed by atoms with Gasteiger partial charge in [-0.05, 0) is 13.3 Å². The summed E-state index contributed by atoms with van der Waals surface area (Å²) < 4.78 is 0. The van der Waals surface area contributed by atoms with Crippen LogP contribution in [0, 0.1) is 11.3 Å². The Morgan fingerprint density at radius 1 is 1.73 bits per heavy atom. The van der Waals surface area contributed by atoms with Crippen LogP contribution in [0.1, 0.15) is 33.6 Å². The molecule has 0 rings (SSSR count). The number of nitrogens with one attached hydrogen (secondary N) is 1. The zero-order valence-electron chi connectivity index (χ0n) is 7.27. The Bertz CT molecular complexity index is 183. The average molecular weight is 154 g/mol. The summed E-state index contributed by atoms with van der Waals surface area (Å²) in [5.74, 6) is -0.150. The molecule has 0 spiro atoms. The summed E-state index contributed by atoms with van der Waals surface area (Å²) in [6.07, 6.45) is 1.59. The Morgan fingerprint density at radius 3 is 2.55 bits per heavy atom. The molecule has 3 nitrogen and oxygen atoms in total. The Labute approximate surface area is 67.4 Å². The lowest BCUT2D eigenvalue weighted by Gasteiger charge is -2.21. The summed E-state index contributed by atoms with van der Waals surface area (Å²) in [4.78, 5) is 10.6. The first-order valence-corrected chi connectivity index (χ1v) is 3.74. The van der Waals surface area contributed by atoms with Gasteiger partial charge in [-0.1, -0.05) is 13.3 Å². The quantitative estimate of drug-likeness (QED) is 0.664. The van der Waals surface area contributed by atoms with Crippen LogP contribution in [0.5, 0.6) is 0 Å². The van der Waals surface area contributed by atoms with Gasteiger partial charge in [0.2, 0.25) is 5.91 Å². The largest absolute Gasteiger partial charge is 0.338 e. The van der Waals surface area contributed by atoms with E-state index in [-0.39, 0.29) is 5.91 Å². The van der Waals surface area contributed by atoms with Crippen molar-refractivity contribution in [3.8, 4) is 6.07 Å². The minimum absolute atomic E-state index is 0.150. The zero-order valence-corrected chi connectivity index (χ0v) is 7.27. The first kappa shape index (κ1) is 9.96. The van der Waals surface area contributed by atoms with E-state index in [4.69, 9.17) is 5.26 Å². The third kappa shape index (κ3) is 3.61. The molecule has 11 heavy (non-hydrogen) atoms. The molecule has 0 heterocycles. The first-order chi connectivity index (χ1) is 5.04. The highest BCUT2D eigenvalue weighted by Gasteiger charge is 2.22. The van der Waals surface area contributed by atoms with E-state index in [0.717, 1.165) is 6.42 Å². The second kappa shape index (κ2) is 3.97. The van der Waals surface area contributed by atoms with Crippen LogP contribution in [0.4, 0.5) is 0 Å². The molecule has 0 bridgehead atoms. The topological polar surface area (TPSA) is 52.9 Å². The third-order valence-electron chi connectivity index (χ3n) is 1.45. The van der Waals surface area contributed by atoms with Gasteiger partial charge in [0, 0.05) is 6.92 Å². The van der Waals surface area contributed by atoms with Crippen LogP contribution in [-0.4, -0.2) is 11.4 Å². The van der Waals surface area contributed by atoms with Crippen LogP contribution in [0.25, 0.3) is 0 Å². The van der Waals surface area contributed by atoms with Crippen LogP contribution in [0.3, 0.4) is 0 Å². The van der Waals surface area contributed by atoms with E-state index >= 15 is 0 Å². The molecule has 1 amide bonds. The van der Waals surface area contributed by atoms with Gasteiger partial charge >= 0.3 is 0 Å². The molecule has 1 atom stereocenters. The predicted molar refractivity (Wildman–Crippen MR) is 42.7 cm³/mol. The van der Waals surface area contributed by atoms with Crippen molar-refractivity contribution in [3.05, 3.63) is 0 Å². The normalized spacial score (nSPS) is 14.7. The number of amides is 1. The van der Waals surface area contributed by atoms with Crippen LogP contribution in [0.2, 0.25) is 0 Å². The Balaban J connectivity index is 4.13. The number of carbonyl (C=O) groups is 1. The second-order valence-electron chi connectivity index (χ2n) is 2.88. The van der Waals surface area contributed by atoms with Crippen molar-refractivity contribution < 1.29 is 4.79 Å². The highest BCUT2D eigenvalue weighted by Crippen LogP contribution is 2.09. The first-order valence-electron chi connectivity index (χ1n) is 3.74. The van der Waals surface area contributed by atoms with Gasteiger partial charge in [0.05, 0.1) is 6.07 Å². The van der Waals surface area contributed by atoms with E-state index in [1.807, 2.05) is 6.92 Å². The van der Waals surface area contributed by atoms with E-state index in [0.29, 0.717) is 6.42 Å². The fraction of sp³-hybridized carbons (Fsp3) is 0.750. The molecule has 0 saturated heterocycles. The SMILES string of the molecule is CCCC(C)(C#N)NC(C)=O. The van der Waals surface area contributed by atoms with Gasteiger partial charge in [0.15, 0.2) is 0 Å². The van der Waals surface area contributed by atoms with Gasteiger partial charge in [-0.15, -0.1) is 0 Å². The van der Waals surface area contributed by atoms with Crippen LogP contribution >= 0.6 is 0 Å². The highest BCUT2D eigenvalue weighted by molar-refractivity contribution is 5.74. The molecule has 0 aliphatic heterocycles. The lowest BCUT2D eigenvalue weighted by atomic mass is 9.98. The van der Waals surface area contributed by atoms with E-state index in [1.54, 1.807) is 6.92 Å². The van der Waals surface area contributed by atoms with Gasteiger partial charge in [-0.2, -0.15) is 5.26 Å². The molecule has 1 N–H and O–H groups in total. The summed E-state index contributed by atoms with van der Waals surface area (Å²) in [5.41, 5.74) is -0.680. The molecule has 0 aromatic carbocycles. The van der Waals surface area contributed by atoms with Crippen molar-refractivity contribution in [2.45, 2.75) is 39.2 Å². The van der Waals surface area contributed by atoms with E-state index in [9.17, 15) is 4.79 Å². The van der Waals surface area contributed by atoms with Gasteiger partial charge < -0.3 is 5.32 Å². The van der Waals surface area contributed by atoms with Crippen LogP contribution < -0.4 is 5.32 Å². The maximum Gasteiger partial charge on any atom is 0.218 e. The predicted octanol–water partition coefficient (Wildman–Crippen LogP) is 1.20. The number of nitrogens with zero attached hydrogens (tertiary/aromatic N) is 1. The summed E-state index contributed by atoms with van der Waals surface area (Å²) in [5, 5.41) is 11.3. The van der Waals surface area contributed by atoms with Gasteiger partial charge in [-0.3, -0.25) is 4.79 Å². The van der Waals surface area contributed by atoms with Crippen molar-refractivity contribution in [2.24, 2.45) is 0 Å². The molecular weight excluding hydrogens is 140 g/mol. The number of nitriles is 1. The van der Waals surface area contributed by atoms with Gasteiger partial charge in [0.1, 0.15) is 5.54 Å². The molecule has 0 saturated carbocycles. The zero-order chi connectivity index (χ0) is 8.91. The van der Waals surface area contributed by atoms with Crippen LogP contribution in [0.15, 0.2) is 0 Å². The van der Waals surface area contributed by atoms with Gasteiger partial charge in [0.25, 0.3) is 0 Å². The van der Waals surface area contributed by atoms with Crippen molar-refractivity contribution in [2.75, 3.05) is 0 Å². The minimum Gasteiger partial charge on any atom is -0.338 e. The van der Waals surface area contributed by atoms with E-state index < -0.39 is 5.54 Å². The van der Waals surface area contributed by atoms with Crippen molar-refractivity contribution in [1.29, 1.82) is 5.26 Å². The van der Waals surface area contributed by atoms with E-state index in [1.165, 1.54) is 6.92 Å². The third-order valence-corrected chi connectivity index (χ3v) is 1.45. The lowest BCUT2D eigenvalue weighted by Crippen LogP contribution is -2.43. The summed E-state index contributed by atoms with van der Waals surface area (Å²) in [7, 11) is 0.